The molecular formula is C7H15N3O2. The molecule has 0 spiro atoms. The summed E-state index contributed by atoms with van der Waals surface area (Å²) < 4.78 is 5.13. The molecule has 5 heteroatoms. The Hall–Kier alpha value is -0.650. The highest BCUT2D eigenvalue weighted by atomic mass is 16.5. The van der Waals surface area contributed by atoms with Crippen molar-refractivity contribution >= 4 is 5.91 Å². The lowest BCUT2D eigenvalue weighted by Gasteiger charge is -2.22. The van der Waals surface area contributed by atoms with Crippen LogP contribution in [0, 0.1) is 0 Å². The molecule has 0 radical (unpaired) electrons. The van der Waals surface area contributed by atoms with Gasteiger partial charge < -0.3 is 10.1 Å². The second-order valence-corrected chi connectivity index (χ2v) is 2.60. The van der Waals surface area contributed by atoms with E-state index >= 15 is 0 Å². The zero-order valence-electron chi connectivity index (χ0n) is 7.22. The number of morpholine rings is 1. The Bertz CT molecular complexity index is 146. The molecule has 1 aliphatic rings. The van der Waals surface area contributed by atoms with Gasteiger partial charge in [-0.3, -0.25) is 10.2 Å². The van der Waals surface area contributed by atoms with E-state index in [1.165, 1.54) is 0 Å². The highest BCUT2D eigenvalue weighted by Crippen LogP contribution is 1.91. The number of hydrogen-bond acceptors (Lipinski definition) is 4. The first kappa shape index (κ1) is 9.44. The lowest BCUT2D eigenvalue weighted by atomic mass is 10.3. The van der Waals surface area contributed by atoms with Crippen molar-refractivity contribution in [1.29, 1.82) is 0 Å². The molecule has 1 fully saturated rings. The van der Waals surface area contributed by atoms with E-state index in [2.05, 4.69) is 16.2 Å². The third-order valence-corrected chi connectivity index (χ3v) is 1.63. The number of nitrogens with one attached hydrogen (secondary N) is 3. The fraction of sp³-hybridized carbons (Fsp3) is 0.857. The van der Waals surface area contributed by atoms with Gasteiger partial charge in [-0.1, -0.05) is 6.92 Å². The topological polar surface area (TPSA) is 62.4 Å². The largest absolute Gasteiger partial charge is 0.378 e. The van der Waals surface area contributed by atoms with E-state index in [1.807, 2.05) is 6.92 Å². The number of carbonyl (C=O) groups excluding carboxylic acids is 1. The van der Waals surface area contributed by atoms with E-state index in [4.69, 9.17) is 4.74 Å². The lowest BCUT2D eigenvalue weighted by molar-refractivity contribution is -0.126. The van der Waals surface area contributed by atoms with Gasteiger partial charge in [-0.2, -0.15) is 0 Å². The van der Waals surface area contributed by atoms with E-state index in [-0.39, 0.29) is 11.9 Å². The SMILES string of the molecule is CCNNC(=O)C1COCCN1. The third-order valence-electron chi connectivity index (χ3n) is 1.63. The maximum atomic E-state index is 11.2. The minimum absolute atomic E-state index is 0.0587. The van der Waals surface area contributed by atoms with Crippen LogP contribution in [-0.4, -0.2) is 38.3 Å². The van der Waals surface area contributed by atoms with Crippen molar-refractivity contribution in [2.75, 3.05) is 26.3 Å². The van der Waals surface area contributed by atoms with Crippen LogP contribution >= 0.6 is 0 Å². The van der Waals surface area contributed by atoms with Gasteiger partial charge in [0.05, 0.1) is 13.2 Å². The van der Waals surface area contributed by atoms with Gasteiger partial charge in [0.1, 0.15) is 6.04 Å². The fourth-order valence-corrected chi connectivity index (χ4v) is 0.996. The summed E-state index contributed by atoms with van der Waals surface area (Å²) in [5, 5.41) is 3.05. The van der Waals surface area contributed by atoms with Crippen LogP contribution in [0.4, 0.5) is 0 Å². The van der Waals surface area contributed by atoms with Crippen LogP contribution in [0.15, 0.2) is 0 Å². The number of hydrazine groups is 1. The van der Waals surface area contributed by atoms with Gasteiger partial charge in [-0.05, 0) is 0 Å². The second-order valence-electron chi connectivity index (χ2n) is 2.60. The zero-order valence-corrected chi connectivity index (χ0v) is 7.22. The maximum Gasteiger partial charge on any atom is 0.253 e. The molecule has 3 N–H and O–H groups in total. The zero-order chi connectivity index (χ0) is 8.81. The van der Waals surface area contributed by atoms with Crippen LogP contribution in [0.1, 0.15) is 6.92 Å². The molecule has 1 rings (SSSR count). The highest BCUT2D eigenvalue weighted by molar-refractivity contribution is 5.81. The quantitative estimate of drug-likeness (QED) is 0.460. The standard InChI is InChI=1S/C7H15N3O2/c1-2-9-10-7(11)6-5-12-4-3-8-6/h6,8-9H,2-5H2,1H3,(H,10,11). The van der Waals surface area contributed by atoms with Crippen LogP contribution < -0.4 is 16.2 Å². The molecule has 1 unspecified atom stereocenters. The molecule has 1 amide bonds. The first-order valence-electron chi connectivity index (χ1n) is 4.18. The fourth-order valence-electron chi connectivity index (χ4n) is 0.996. The Labute approximate surface area is 71.8 Å². The van der Waals surface area contributed by atoms with Crippen molar-refractivity contribution in [2.45, 2.75) is 13.0 Å². The van der Waals surface area contributed by atoms with E-state index < -0.39 is 0 Å². The van der Waals surface area contributed by atoms with Crippen molar-refractivity contribution in [3.05, 3.63) is 0 Å². The Kier molecular flexibility index (Phi) is 3.99. The molecule has 12 heavy (non-hydrogen) atoms. The Morgan fingerprint density at radius 1 is 1.75 bits per heavy atom. The predicted octanol–water partition coefficient (Wildman–Crippen LogP) is -1.38. The molecule has 0 saturated carbocycles. The molecular weight excluding hydrogens is 158 g/mol. The minimum atomic E-state index is -0.210. The van der Waals surface area contributed by atoms with Gasteiger partial charge in [0, 0.05) is 13.1 Å². The molecule has 5 nitrogen and oxygen atoms in total. The summed E-state index contributed by atoms with van der Waals surface area (Å²) >= 11 is 0. The van der Waals surface area contributed by atoms with Gasteiger partial charge in [0.2, 0.25) is 0 Å². The molecule has 0 bridgehead atoms. The number of carbonyl (C=O) groups is 1. The van der Waals surface area contributed by atoms with Crippen LogP contribution in [-0.2, 0) is 9.53 Å². The molecule has 1 heterocycles. The summed E-state index contributed by atoms with van der Waals surface area (Å²) in [5.41, 5.74) is 5.32. The molecule has 0 aromatic heterocycles. The first-order valence-corrected chi connectivity index (χ1v) is 4.18. The molecule has 1 saturated heterocycles. The number of hydrogen-bond donors (Lipinski definition) is 3. The van der Waals surface area contributed by atoms with Crippen LogP contribution in [0.5, 0.6) is 0 Å². The van der Waals surface area contributed by atoms with Gasteiger partial charge in [0.25, 0.3) is 5.91 Å². The first-order chi connectivity index (χ1) is 5.84. The summed E-state index contributed by atoms with van der Waals surface area (Å²) in [4.78, 5) is 11.2. The van der Waals surface area contributed by atoms with E-state index in [0.29, 0.717) is 13.2 Å². The van der Waals surface area contributed by atoms with E-state index in [0.717, 1.165) is 13.1 Å². The number of ether oxygens (including phenoxy) is 1. The predicted molar refractivity (Wildman–Crippen MR) is 44.4 cm³/mol. The van der Waals surface area contributed by atoms with Gasteiger partial charge >= 0.3 is 0 Å². The Morgan fingerprint density at radius 3 is 3.17 bits per heavy atom. The number of rotatable bonds is 3. The third kappa shape index (κ3) is 2.77. The Balaban J connectivity index is 2.20. The van der Waals surface area contributed by atoms with Gasteiger partial charge in [0.15, 0.2) is 0 Å². The maximum absolute atomic E-state index is 11.2. The summed E-state index contributed by atoms with van der Waals surface area (Å²) in [5.74, 6) is -0.0587. The monoisotopic (exact) mass is 173 g/mol. The molecule has 70 valence electrons. The molecule has 0 aliphatic carbocycles. The molecule has 1 atom stereocenters. The van der Waals surface area contributed by atoms with Crippen molar-refractivity contribution in [3.8, 4) is 0 Å². The molecule has 0 aromatic rings. The van der Waals surface area contributed by atoms with Gasteiger partial charge in [-0.15, -0.1) is 0 Å². The number of amides is 1. The van der Waals surface area contributed by atoms with E-state index in [1.54, 1.807) is 0 Å². The summed E-state index contributed by atoms with van der Waals surface area (Å²) in [6.07, 6.45) is 0. The van der Waals surface area contributed by atoms with E-state index in [9.17, 15) is 4.79 Å². The Morgan fingerprint density at radius 2 is 2.58 bits per heavy atom. The highest BCUT2D eigenvalue weighted by Gasteiger charge is 2.20. The van der Waals surface area contributed by atoms with Crippen LogP contribution in [0.2, 0.25) is 0 Å². The van der Waals surface area contributed by atoms with Crippen LogP contribution in [0.25, 0.3) is 0 Å². The summed E-state index contributed by atoms with van der Waals surface area (Å²) in [7, 11) is 0. The smallest absolute Gasteiger partial charge is 0.253 e. The average molecular weight is 173 g/mol. The van der Waals surface area contributed by atoms with Crippen molar-refractivity contribution in [1.82, 2.24) is 16.2 Å². The summed E-state index contributed by atoms with van der Waals surface area (Å²) in [6.45, 7) is 4.52. The second kappa shape index (κ2) is 5.08. The van der Waals surface area contributed by atoms with Crippen LogP contribution in [0.3, 0.4) is 0 Å². The summed E-state index contributed by atoms with van der Waals surface area (Å²) in [6, 6.07) is -0.210. The lowest BCUT2D eigenvalue weighted by Crippen LogP contribution is -2.54. The average Bonchev–Trinajstić information content (AvgIpc) is 2.15. The van der Waals surface area contributed by atoms with Gasteiger partial charge in [-0.25, -0.2) is 5.43 Å². The van der Waals surface area contributed by atoms with Crippen molar-refractivity contribution in [2.24, 2.45) is 0 Å². The normalized spacial score (nSPS) is 23.6. The van der Waals surface area contributed by atoms with Crippen molar-refractivity contribution < 1.29 is 9.53 Å². The van der Waals surface area contributed by atoms with Crippen molar-refractivity contribution in [3.63, 3.8) is 0 Å². The molecule has 0 aromatic carbocycles. The minimum Gasteiger partial charge on any atom is -0.378 e. The molecule has 1 aliphatic heterocycles.